The lowest BCUT2D eigenvalue weighted by Gasteiger charge is -2.56. The Morgan fingerprint density at radius 2 is 1.96 bits per heavy atom. The van der Waals surface area contributed by atoms with Gasteiger partial charge in [-0.25, -0.2) is 0 Å². The fourth-order valence-corrected chi connectivity index (χ4v) is 5.64. The molecule has 2 fully saturated rings. The van der Waals surface area contributed by atoms with E-state index in [4.69, 9.17) is 0 Å². The Hall–Kier alpha value is -2.06. The minimum Gasteiger partial charge on any atom is -0.508 e. The van der Waals surface area contributed by atoms with E-state index < -0.39 is 0 Å². The summed E-state index contributed by atoms with van der Waals surface area (Å²) in [6.45, 7) is 4.52. The molecule has 1 saturated heterocycles. The normalized spacial score (nSPS) is 27.9. The van der Waals surface area contributed by atoms with Crippen LogP contribution in [0.5, 0.6) is 5.75 Å². The van der Waals surface area contributed by atoms with Crippen LogP contribution in [-0.2, 0) is 11.8 Å². The van der Waals surface area contributed by atoms with E-state index in [9.17, 15) is 5.11 Å². The van der Waals surface area contributed by atoms with Crippen molar-refractivity contribution in [3.63, 3.8) is 0 Å². The van der Waals surface area contributed by atoms with Crippen LogP contribution in [0.15, 0.2) is 66.7 Å². The fourth-order valence-electron chi connectivity index (χ4n) is 5.64. The molecule has 1 N–H and O–H groups in total. The number of phenols is 1. The first-order valence-electron chi connectivity index (χ1n) is 11.0. The summed E-state index contributed by atoms with van der Waals surface area (Å²) < 4.78 is 0. The monoisotopic (exact) mass is 375 g/mol. The first-order chi connectivity index (χ1) is 13.7. The number of benzene rings is 2. The summed E-state index contributed by atoms with van der Waals surface area (Å²) in [6.07, 6.45) is 12.1. The summed E-state index contributed by atoms with van der Waals surface area (Å²) in [5.74, 6) is 0.936. The molecule has 2 nitrogen and oxygen atoms in total. The topological polar surface area (TPSA) is 23.5 Å². The van der Waals surface area contributed by atoms with E-state index in [0.717, 1.165) is 25.9 Å². The zero-order valence-corrected chi connectivity index (χ0v) is 17.1. The minimum absolute atomic E-state index is 0.177. The number of hydrogen-bond acceptors (Lipinski definition) is 2. The standard InChI is InChI=1S/C26H33NO/c1-2-3-13-24-25-14-8-16-26(24,22-11-7-12-23(28)20-22)17-19-27(25)18-15-21-9-5-4-6-10-21/h3-7,9-13,20,24-25,28H,2,8,14-19H2,1H3/b13-3-/t24-,25-,26-/m1/s1. The second-order valence-electron chi connectivity index (χ2n) is 8.55. The lowest BCUT2D eigenvalue weighted by molar-refractivity contribution is 0.0113. The minimum atomic E-state index is 0.177. The maximum absolute atomic E-state index is 10.1. The quantitative estimate of drug-likeness (QED) is 0.653. The summed E-state index contributed by atoms with van der Waals surface area (Å²) in [5.41, 5.74) is 2.95. The number of likely N-dealkylation sites (tertiary alicyclic amines) is 1. The van der Waals surface area contributed by atoms with E-state index in [2.05, 4.69) is 60.4 Å². The molecule has 0 unspecified atom stereocenters. The molecule has 1 saturated carbocycles. The van der Waals surface area contributed by atoms with Crippen LogP contribution in [0.25, 0.3) is 0 Å². The SMILES string of the molecule is CC/C=C\[C@@H]1[C@H]2CCC[C@]1(c1cccc(O)c1)CCN2CCc1ccccc1. The molecule has 148 valence electrons. The largest absolute Gasteiger partial charge is 0.508 e. The second-order valence-corrected chi connectivity index (χ2v) is 8.55. The highest BCUT2D eigenvalue weighted by molar-refractivity contribution is 5.37. The zero-order valence-electron chi connectivity index (χ0n) is 17.1. The molecule has 1 heterocycles. The van der Waals surface area contributed by atoms with Gasteiger partial charge in [0.05, 0.1) is 0 Å². The summed E-state index contributed by atoms with van der Waals surface area (Å²) in [4.78, 5) is 2.75. The van der Waals surface area contributed by atoms with Gasteiger partial charge in [-0.3, -0.25) is 4.90 Å². The van der Waals surface area contributed by atoms with E-state index in [1.54, 1.807) is 6.07 Å². The van der Waals surface area contributed by atoms with Crippen molar-refractivity contribution in [3.05, 3.63) is 77.9 Å². The van der Waals surface area contributed by atoms with Gasteiger partial charge in [-0.05, 0) is 61.9 Å². The molecule has 1 aliphatic heterocycles. The zero-order chi connectivity index (χ0) is 19.4. The highest BCUT2D eigenvalue weighted by Crippen LogP contribution is 2.52. The third kappa shape index (κ3) is 3.75. The molecular formula is C26H33NO. The summed E-state index contributed by atoms with van der Waals surface area (Å²) in [7, 11) is 0. The Kier molecular flexibility index (Phi) is 5.87. The van der Waals surface area contributed by atoms with E-state index in [-0.39, 0.29) is 5.41 Å². The van der Waals surface area contributed by atoms with Crippen LogP contribution in [0.4, 0.5) is 0 Å². The Labute approximate surface area is 169 Å². The molecule has 2 heteroatoms. The molecular weight excluding hydrogens is 342 g/mol. The third-order valence-electron chi connectivity index (χ3n) is 7.02. The van der Waals surface area contributed by atoms with Crippen molar-refractivity contribution in [2.75, 3.05) is 13.1 Å². The number of nitrogens with zero attached hydrogens (tertiary/aromatic N) is 1. The van der Waals surface area contributed by atoms with Crippen molar-refractivity contribution in [1.82, 2.24) is 4.90 Å². The van der Waals surface area contributed by atoms with Crippen LogP contribution in [0.2, 0.25) is 0 Å². The van der Waals surface area contributed by atoms with Crippen LogP contribution in [0.1, 0.15) is 50.2 Å². The highest BCUT2D eigenvalue weighted by atomic mass is 16.3. The van der Waals surface area contributed by atoms with E-state index in [0.29, 0.717) is 17.7 Å². The highest BCUT2D eigenvalue weighted by Gasteiger charge is 2.50. The van der Waals surface area contributed by atoms with Crippen LogP contribution in [-0.4, -0.2) is 29.1 Å². The van der Waals surface area contributed by atoms with Crippen molar-refractivity contribution < 1.29 is 5.11 Å². The van der Waals surface area contributed by atoms with Crippen molar-refractivity contribution in [2.24, 2.45) is 5.92 Å². The predicted molar refractivity (Wildman–Crippen MR) is 117 cm³/mol. The molecule has 2 bridgehead atoms. The molecule has 28 heavy (non-hydrogen) atoms. The van der Waals surface area contributed by atoms with Gasteiger partial charge in [-0.1, -0.05) is 68.0 Å². The maximum atomic E-state index is 10.1. The average molecular weight is 376 g/mol. The lowest BCUT2D eigenvalue weighted by Crippen LogP contribution is -2.58. The van der Waals surface area contributed by atoms with Crippen molar-refractivity contribution in [1.29, 1.82) is 0 Å². The van der Waals surface area contributed by atoms with Crippen molar-refractivity contribution in [2.45, 2.75) is 56.9 Å². The molecule has 0 radical (unpaired) electrons. The molecule has 0 spiro atoms. The van der Waals surface area contributed by atoms with Gasteiger partial charge in [-0.2, -0.15) is 0 Å². The maximum Gasteiger partial charge on any atom is 0.115 e. The van der Waals surface area contributed by atoms with Gasteiger partial charge in [0, 0.05) is 23.9 Å². The Bertz CT molecular complexity index is 799. The van der Waals surface area contributed by atoms with Gasteiger partial charge in [0.1, 0.15) is 5.75 Å². The number of rotatable bonds is 6. The first kappa shape index (κ1) is 19.3. The summed E-state index contributed by atoms with van der Waals surface area (Å²) >= 11 is 0. The summed E-state index contributed by atoms with van der Waals surface area (Å²) in [5, 5.41) is 10.1. The number of piperidine rings is 1. The van der Waals surface area contributed by atoms with Gasteiger partial charge in [0.2, 0.25) is 0 Å². The molecule has 0 amide bonds. The Morgan fingerprint density at radius 1 is 1.11 bits per heavy atom. The number of phenolic OH excluding ortho intramolecular Hbond substituents is 1. The smallest absolute Gasteiger partial charge is 0.115 e. The van der Waals surface area contributed by atoms with E-state index in [1.807, 2.05) is 12.1 Å². The molecule has 0 aromatic heterocycles. The summed E-state index contributed by atoms with van der Waals surface area (Å²) in [6, 6.07) is 19.6. The predicted octanol–water partition coefficient (Wildman–Crippen LogP) is 5.71. The van der Waals surface area contributed by atoms with Crippen LogP contribution in [0, 0.1) is 5.92 Å². The molecule has 2 aliphatic rings. The molecule has 1 aliphatic carbocycles. The van der Waals surface area contributed by atoms with Crippen LogP contribution in [0.3, 0.4) is 0 Å². The van der Waals surface area contributed by atoms with Gasteiger partial charge < -0.3 is 5.11 Å². The number of aromatic hydroxyl groups is 1. The average Bonchev–Trinajstić information content (AvgIpc) is 2.72. The van der Waals surface area contributed by atoms with Gasteiger partial charge in [0.15, 0.2) is 0 Å². The van der Waals surface area contributed by atoms with Crippen LogP contribution < -0.4 is 0 Å². The fraction of sp³-hybridized carbons (Fsp3) is 0.462. The Balaban J connectivity index is 1.60. The molecule has 4 rings (SSSR count). The number of fused-ring (bicyclic) bond motifs is 2. The van der Waals surface area contributed by atoms with Crippen molar-refractivity contribution >= 4 is 0 Å². The Morgan fingerprint density at radius 3 is 2.75 bits per heavy atom. The number of hydrogen-bond donors (Lipinski definition) is 1. The second kappa shape index (κ2) is 8.53. The van der Waals surface area contributed by atoms with Gasteiger partial charge in [-0.15, -0.1) is 0 Å². The van der Waals surface area contributed by atoms with Crippen LogP contribution >= 0.6 is 0 Å². The molecule has 2 aromatic rings. The molecule has 2 aromatic carbocycles. The molecule has 3 atom stereocenters. The van der Waals surface area contributed by atoms with Crippen molar-refractivity contribution in [3.8, 4) is 5.75 Å². The van der Waals surface area contributed by atoms with Gasteiger partial charge >= 0.3 is 0 Å². The van der Waals surface area contributed by atoms with E-state index >= 15 is 0 Å². The number of allylic oxidation sites excluding steroid dienone is 1. The van der Waals surface area contributed by atoms with Gasteiger partial charge in [0.25, 0.3) is 0 Å². The third-order valence-corrected chi connectivity index (χ3v) is 7.02. The first-order valence-corrected chi connectivity index (χ1v) is 11.0. The lowest BCUT2D eigenvalue weighted by atomic mass is 9.56. The van der Waals surface area contributed by atoms with E-state index in [1.165, 1.54) is 36.8 Å².